The number of nitriles is 1. The molecule has 1 aliphatic carbocycles. The molecule has 0 aromatic heterocycles. The summed E-state index contributed by atoms with van der Waals surface area (Å²) >= 11 is 0. The average Bonchev–Trinajstić information content (AvgIpc) is 2.66. The molecule has 1 fully saturated rings. The van der Waals surface area contributed by atoms with Gasteiger partial charge in [-0.15, -0.1) is 0 Å². The summed E-state index contributed by atoms with van der Waals surface area (Å²) in [6, 6.07) is 7.77. The molecule has 0 heterocycles. The minimum absolute atomic E-state index is 0.138. The number of carbonyl (C=O) groups is 3. The topological polar surface area (TPSA) is 105 Å². The van der Waals surface area contributed by atoms with Gasteiger partial charge in [0, 0.05) is 5.69 Å². The summed E-state index contributed by atoms with van der Waals surface area (Å²) in [5.74, 6) is -0.345. The van der Waals surface area contributed by atoms with E-state index >= 15 is 0 Å². The fraction of sp³-hybridized carbons (Fsp3) is 0.545. The molecule has 0 radical (unpaired) electrons. The van der Waals surface area contributed by atoms with Gasteiger partial charge in [-0.05, 0) is 54.9 Å². The molecule has 1 aromatic carbocycles. The molecule has 1 saturated carbocycles. The minimum Gasteiger partial charge on any atom is -0.460 e. The second kappa shape index (κ2) is 10.6. The van der Waals surface area contributed by atoms with Gasteiger partial charge in [-0.2, -0.15) is 5.26 Å². The van der Waals surface area contributed by atoms with Crippen molar-refractivity contribution in [3.63, 3.8) is 0 Å². The number of nitrogens with zero attached hydrogens (tertiary/aromatic N) is 1. The Hall–Kier alpha value is -2.88. The van der Waals surface area contributed by atoms with Crippen molar-refractivity contribution in [3.05, 3.63) is 29.8 Å². The maximum atomic E-state index is 12.2. The quantitative estimate of drug-likeness (QED) is 0.700. The molecule has 156 valence electrons. The van der Waals surface area contributed by atoms with Crippen molar-refractivity contribution in [1.29, 1.82) is 5.26 Å². The van der Waals surface area contributed by atoms with Crippen LogP contribution in [0.25, 0.3) is 0 Å². The van der Waals surface area contributed by atoms with Crippen LogP contribution in [0.4, 0.5) is 5.69 Å². The van der Waals surface area contributed by atoms with Crippen LogP contribution in [-0.2, 0) is 19.1 Å². The Morgan fingerprint density at radius 2 is 1.90 bits per heavy atom. The van der Waals surface area contributed by atoms with Crippen LogP contribution in [0.1, 0.15) is 56.8 Å². The maximum Gasteiger partial charge on any atom is 0.344 e. The molecule has 0 aliphatic heterocycles. The molecular weight excluding hydrogens is 372 g/mol. The van der Waals surface area contributed by atoms with Gasteiger partial charge in [0.25, 0.3) is 0 Å². The molecule has 7 heteroatoms. The first-order chi connectivity index (χ1) is 13.8. The highest BCUT2D eigenvalue weighted by molar-refractivity contribution is 5.94. The number of hydrogen-bond donors (Lipinski definition) is 1. The van der Waals surface area contributed by atoms with Gasteiger partial charge in [0.2, 0.25) is 5.91 Å². The van der Waals surface area contributed by atoms with E-state index in [0.29, 0.717) is 23.4 Å². The van der Waals surface area contributed by atoms with E-state index in [0.717, 1.165) is 19.3 Å². The number of hydrogen-bond acceptors (Lipinski definition) is 6. The number of anilines is 1. The smallest absolute Gasteiger partial charge is 0.344 e. The first-order valence-electron chi connectivity index (χ1n) is 9.93. The zero-order valence-electron chi connectivity index (χ0n) is 17.1. The van der Waals surface area contributed by atoms with Crippen molar-refractivity contribution in [2.24, 2.45) is 17.8 Å². The molecule has 1 N–H and O–H groups in total. The molecule has 1 amide bonds. The predicted octanol–water partition coefficient (Wildman–Crippen LogP) is 3.70. The fourth-order valence-electron chi connectivity index (χ4n) is 3.63. The normalized spacial score (nSPS) is 21.1. The minimum atomic E-state index is -0.644. The number of carbonyl (C=O) groups excluding carboxylic acids is 3. The second-order valence-electron chi connectivity index (χ2n) is 7.89. The number of benzene rings is 1. The molecule has 1 aromatic rings. The van der Waals surface area contributed by atoms with E-state index in [1.165, 1.54) is 24.3 Å². The Bertz CT molecular complexity index is 766. The molecule has 0 spiro atoms. The van der Waals surface area contributed by atoms with Crippen LogP contribution >= 0.6 is 0 Å². The third-order valence-electron chi connectivity index (χ3n) is 5.21. The molecule has 1 aliphatic rings. The van der Waals surface area contributed by atoms with Crippen molar-refractivity contribution in [1.82, 2.24) is 0 Å². The Morgan fingerprint density at radius 1 is 1.21 bits per heavy atom. The Balaban J connectivity index is 1.84. The van der Waals surface area contributed by atoms with Gasteiger partial charge >= 0.3 is 11.9 Å². The third kappa shape index (κ3) is 6.90. The van der Waals surface area contributed by atoms with Crippen molar-refractivity contribution in [2.45, 2.75) is 52.6 Å². The summed E-state index contributed by atoms with van der Waals surface area (Å²) in [6.07, 6.45) is 2.62. The molecule has 0 bridgehead atoms. The van der Waals surface area contributed by atoms with Gasteiger partial charge in [0.1, 0.15) is 12.5 Å². The summed E-state index contributed by atoms with van der Waals surface area (Å²) in [4.78, 5) is 35.7. The van der Waals surface area contributed by atoms with Crippen LogP contribution in [-0.4, -0.2) is 30.6 Å². The van der Waals surface area contributed by atoms with E-state index in [4.69, 9.17) is 14.7 Å². The van der Waals surface area contributed by atoms with Crippen LogP contribution in [0.3, 0.4) is 0 Å². The first-order valence-corrected chi connectivity index (χ1v) is 9.93. The monoisotopic (exact) mass is 400 g/mol. The Morgan fingerprint density at radius 3 is 2.52 bits per heavy atom. The van der Waals surface area contributed by atoms with Gasteiger partial charge < -0.3 is 14.8 Å². The number of amides is 1. The lowest BCUT2D eigenvalue weighted by Crippen LogP contribution is -2.36. The first kappa shape index (κ1) is 22.4. The zero-order chi connectivity index (χ0) is 21.4. The van der Waals surface area contributed by atoms with Crippen LogP contribution in [0.5, 0.6) is 0 Å². The molecule has 29 heavy (non-hydrogen) atoms. The van der Waals surface area contributed by atoms with Gasteiger partial charge in [-0.1, -0.05) is 27.2 Å². The van der Waals surface area contributed by atoms with Crippen LogP contribution < -0.4 is 5.32 Å². The number of nitrogens with one attached hydrogen (secondary N) is 1. The Kier molecular flexibility index (Phi) is 8.20. The number of ether oxygens (including phenoxy) is 2. The molecule has 0 saturated heterocycles. The zero-order valence-corrected chi connectivity index (χ0v) is 17.1. The predicted molar refractivity (Wildman–Crippen MR) is 107 cm³/mol. The SMILES string of the molecule is CC(C)[C@@H]1CC[C@@H](C)C[C@H]1OC(=O)COC(=O)c1ccc(NC(=O)CC#N)cc1. The number of rotatable bonds is 7. The molecular formula is C22H28N2O5. The third-order valence-corrected chi connectivity index (χ3v) is 5.21. The molecule has 0 unspecified atom stereocenters. The standard InChI is InChI=1S/C22H28N2O5/c1-14(2)18-9-4-15(3)12-19(18)29-21(26)13-28-22(27)16-5-7-17(8-6-16)24-20(25)10-11-23/h5-8,14-15,18-19H,4,9-10,12-13H2,1-3H3,(H,24,25)/t15-,18+,19-/m1/s1. The van der Waals surface area contributed by atoms with Crippen LogP contribution in [0, 0.1) is 29.1 Å². The lowest BCUT2D eigenvalue weighted by atomic mass is 9.75. The van der Waals surface area contributed by atoms with Crippen molar-refractivity contribution >= 4 is 23.5 Å². The van der Waals surface area contributed by atoms with Gasteiger partial charge in [-0.25, -0.2) is 9.59 Å². The lowest BCUT2D eigenvalue weighted by Gasteiger charge is -2.36. The molecule has 2 rings (SSSR count). The maximum absolute atomic E-state index is 12.2. The van der Waals surface area contributed by atoms with E-state index < -0.39 is 24.5 Å². The summed E-state index contributed by atoms with van der Waals surface area (Å²) in [5.41, 5.74) is 0.717. The van der Waals surface area contributed by atoms with Gasteiger partial charge in [0.05, 0.1) is 11.6 Å². The van der Waals surface area contributed by atoms with E-state index in [-0.39, 0.29) is 18.1 Å². The van der Waals surface area contributed by atoms with Crippen LogP contribution in [0.2, 0.25) is 0 Å². The summed E-state index contributed by atoms with van der Waals surface area (Å²) < 4.78 is 10.7. The fourth-order valence-corrected chi connectivity index (χ4v) is 3.63. The lowest BCUT2D eigenvalue weighted by molar-refractivity contribution is -0.159. The average molecular weight is 400 g/mol. The highest BCUT2D eigenvalue weighted by atomic mass is 16.6. The van der Waals surface area contributed by atoms with Crippen molar-refractivity contribution < 1.29 is 23.9 Å². The summed E-state index contributed by atoms with van der Waals surface area (Å²) in [6.45, 7) is 5.99. The Labute approximate surface area is 171 Å². The second-order valence-corrected chi connectivity index (χ2v) is 7.89. The van der Waals surface area contributed by atoms with Gasteiger partial charge in [0.15, 0.2) is 6.61 Å². The van der Waals surface area contributed by atoms with E-state index in [2.05, 4.69) is 26.1 Å². The summed E-state index contributed by atoms with van der Waals surface area (Å²) in [7, 11) is 0. The highest BCUT2D eigenvalue weighted by Crippen LogP contribution is 2.35. The van der Waals surface area contributed by atoms with E-state index in [9.17, 15) is 14.4 Å². The van der Waals surface area contributed by atoms with Crippen molar-refractivity contribution in [3.8, 4) is 6.07 Å². The van der Waals surface area contributed by atoms with Crippen LogP contribution in [0.15, 0.2) is 24.3 Å². The van der Waals surface area contributed by atoms with Crippen molar-refractivity contribution in [2.75, 3.05) is 11.9 Å². The van der Waals surface area contributed by atoms with Gasteiger partial charge in [-0.3, -0.25) is 4.79 Å². The van der Waals surface area contributed by atoms with E-state index in [1.54, 1.807) is 6.07 Å². The largest absolute Gasteiger partial charge is 0.460 e. The molecule has 3 atom stereocenters. The highest BCUT2D eigenvalue weighted by Gasteiger charge is 2.33. The number of esters is 2. The molecule has 7 nitrogen and oxygen atoms in total. The summed E-state index contributed by atoms with van der Waals surface area (Å²) in [5, 5.41) is 11.0. The van der Waals surface area contributed by atoms with E-state index in [1.807, 2.05) is 0 Å².